The molecule has 5 nitrogen and oxygen atoms in total. The summed E-state index contributed by atoms with van der Waals surface area (Å²) in [7, 11) is 0. The molecule has 3 aromatic carbocycles. The van der Waals surface area contributed by atoms with E-state index in [1.54, 1.807) is 0 Å². The van der Waals surface area contributed by atoms with Crippen LogP contribution in [0.25, 0.3) is 22.2 Å². The zero-order valence-electron chi connectivity index (χ0n) is 17.6. The van der Waals surface area contributed by atoms with Crippen LogP contribution < -0.4 is 5.32 Å². The van der Waals surface area contributed by atoms with Crippen molar-refractivity contribution in [3.63, 3.8) is 0 Å². The number of hydrogen-bond donors (Lipinski definition) is 3. The Morgan fingerprint density at radius 1 is 1.00 bits per heavy atom. The minimum Gasteiger partial charge on any atom is -0.348 e. The number of carbonyl (C=O) groups is 1. The van der Waals surface area contributed by atoms with Crippen LogP contribution in [0, 0.1) is 5.41 Å². The van der Waals surface area contributed by atoms with Gasteiger partial charge in [-0.2, -0.15) is 0 Å². The first kappa shape index (κ1) is 20.5. The number of imidazole rings is 1. The van der Waals surface area contributed by atoms with E-state index in [1.807, 2.05) is 72.8 Å². The van der Waals surface area contributed by atoms with E-state index >= 15 is 0 Å². The Kier molecular flexibility index (Phi) is 6.22. The van der Waals surface area contributed by atoms with Crippen LogP contribution >= 0.6 is 0 Å². The molecule has 4 aromatic rings. The smallest absolute Gasteiger partial charge is 0.251 e. The van der Waals surface area contributed by atoms with Crippen LogP contribution in [0.15, 0.2) is 72.8 Å². The van der Waals surface area contributed by atoms with E-state index in [2.05, 4.69) is 22.2 Å². The van der Waals surface area contributed by atoms with Crippen molar-refractivity contribution in [2.45, 2.75) is 32.7 Å². The zero-order chi connectivity index (χ0) is 21.6. The third-order valence-corrected chi connectivity index (χ3v) is 5.30. The summed E-state index contributed by atoms with van der Waals surface area (Å²) in [6.07, 6.45) is 2.77. The van der Waals surface area contributed by atoms with Crippen molar-refractivity contribution in [3.05, 3.63) is 89.7 Å². The highest BCUT2D eigenvalue weighted by Gasteiger charge is 2.11. The van der Waals surface area contributed by atoms with E-state index < -0.39 is 0 Å². The zero-order valence-corrected chi connectivity index (χ0v) is 17.6. The van der Waals surface area contributed by atoms with E-state index in [9.17, 15) is 4.79 Å². The van der Waals surface area contributed by atoms with Gasteiger partial charge in [0.25, 0.3) is 5.91 Å². The molecule has 0 radical (unpaired) electrons. The van der Waals surface area contributed by atoms with E-state index in [4.69, 9.17) is 5.41 Å². The average molecular weight is 411 g/mol. The monoisotopic (exact) mass is 410 g/mol. The molecule has 0 atom stereocenters. The van der Waals surface area contributed by atoms with Gasteiger partial charge in [-0.3, -0.25) is 4.79 Å². The molecular formula is C26H26N4O. The topological polar surface area (TPSA) is 81.6 Å². The number of hydrogen-bond acceptors (Lipinski definition) is 3. The van der Waals surface area contributed by atoms with Gasteiger partial charge in [-0.25, -0.2) is 4.98 Å². The maximum Gasteiger partial charge on any atom is 0.251 e. The van der Waals surface area contributed by atoms with E-state index in [0.29, 0.717) is 23.6 Å². The molecule has 0 spiro atoms. The minimum absolute atomic E-state index is 0.0972. The van der Waals surface area contributed by atoms with Gasteiger partial charge >= 0.3 is 0 Å². The van der Waals surface area contributed by atoms with Crippen molar-refractivity contribution in [2.24, 2.45) is 0 Å². The number of aromatic amines is 1. The Hall–Kier alpha value is -3.73. The van der Waals surface area contributed by atoms with Crippen molar-refractivity contribution < 1.29 is 4.79 Å². The van der Waals surface area contributed by atoms with Crippen LogP contribution in [0.5, 0.6) is 0 Å². The molecular weight excluding hydrogens is 384 g/mol. The maximum absolute atomic E-state index is 12.6. The SMILES string of the molecule is CCCCC(=N)c1nc2ccc(-c3cccc(C(=O)NCc4ccccc4)c3)cc2[nH]1. The standard InChI is InChI=1S/C26H26N4O/c1-2-3-12-22(27)25-29-23-14-13-20(16-24(23)30-25)19-10-7-11-21(15-19)26(31)28-17-18-8-5-4-6-9-18/h4-11,13-16,27H,2-3,12,17H2,1H3,(H,28,31)(H,29,30). The highest BCUT2D eigenvalue weighted by Crippen LogP contribution is 2.25. The van der Waals surface area contributed by atoms with Gasteiger partial charge in [0.05, 0.1) is 16.7 Å². The lowest BCUT2D eigenvalue weighted by molar-refractivity contribution is 0.0951. The van der Waals surface area contributed by atoms with Crippen molar-refractivity contribution in [1.29, 1.82) is 5.41 Å². The van der Waals surface area contributed by atoms with E-state index in [-0.39, 0.29) is 5.91 Å². The lowest BCUT2D eigenvalue weighted by Gasteiger charge is -2.08. The lowest BCUT2D eigenvalue weighted by atomic mass is 10.0. The van der Waals surface area contributed by atoms with Gasteiger partial charge in [0.1, 0.15) is 0 Å². The first-order valence-electron chi connectivity index (χ1n) is 10.6. The highest BCUT2D eigenvalue weighted by atomic mass is 16.1. The molecule has 156 valence electrons. The number of nitrogens with one attached hydrogen (secondary N) is 3. The number of amides is 1. The predicted molar refractivity (Wildman–Crippen MR) is 125 cm³/mol. The molecule has 1 heterocycles. The van der Waals surface area contributed by atoms with Crippen LogP contribution in [0.2, 0.25) is 0 Å². The first-order valence-corrected chi connectivity index (χ1v) is 10.6. The summed E-state index contributed by atoms with van der Waals surface area (Å²) < 4.78 is 0. The second kappa shape index (κ2) is 9.39. The molecule has 5 heteroatoms. The fourth-order valence-electron chi connectivity index (χ4n) is 3.52. The third kappa shape index (κ3) is 4.89. The molecule has 4 rings (SSSR count). The van der Waals surface area contributed by atoms with Crippen molar-refractivity contribution >= 4 is 22.7 Å². The Morgan fingerprint density at radius 3 is 2.61 bits per heavy atom. The van der Waals surface area contributed by atoms with Crippen molar-refractivity contribution in [3.8, 4) is 11.1 Å². The second-order valence-electron chi connectivity index (χ2n) is 7.65. The van der Waals surface area contributed by atoms with Crippen molar-refractivity contribution in [1.82, 2.24) is 15.3 Å². The van der Waals surface area contributed by atoms with Crippen molar-refractivity contribution in [2.75, 3.05) is 0 Å². The molecule has 0 saturated carbocycles. The van der Waals surface area contributed by atoms with E-state index in [0.717, 1.165) is 47.0 Å². The first-order chi connectivity index (χ1) is 15.1. The normalized spacial score (nSPS) is 10.9. The number of nitrogens with zero attached hydrogens (tertiary/aromatic N) is 1. The summed E-state index contributed by atoms with van der Waals surface area (Å²) >= 11 is 0. The molecule has 1 amide bonds. The molecule has 0 unspecified atom stereocenters. The Balaban J connectivity index is 1.52. The van der Waals surface area contributed by atoms with Gasteiger partial charge in [0, 0.05) is 12.1 Å². The Labute approximate surface area is 182 Å². The Morgan fingerprint density at radius 2 is 1.81 bits per heavy atom. The van der Waals surface area contributed by atoms with Gasteiger partial charge in [0.2, 0.25) is 0 Å². The highest BCUT2D eigenvalue weighted by molar-refractivity contribution is 5.98. The van der Waals surface area contributed by atoms with Crippen LogP contribution in [-0.4, -0.2) is 21.6 Å². The van der Waals surface area contributed by atoms with Crippen LogP contribution in [0.1, 0.15) is 47.9 Å². The predicted octanol–water partition coefficient (Wildman–Crippen LogP) is 5.72. The van der Waals surface area contributed by atoms with Gasteiger partial charge in [-0.05, 0) is 53.8 Å². The number of rotatable bonds is 8. The molecule has 0 saturated heterocycles. The van der Waals surface area contributed by atoms with Gasteiger partial charge in [0.15, 0.2) is 5.82 Å². The molecule has 0 aliphatic rings. The summed E-state index contributed by atoms with van der Waals surface area (Å²) in [6, 6.07) is 23.5. The van der Waals surface area contributed by atoms with E-state index in [1.165, 1.54) is 0 Å². The quantitative estimate of drug-likeness (QED) is 0.325. The summed E-state index contributed by atoms with van der Waals surface area (Å²) in [6.45, 7) is 2.62. The molecule has 1 aromatic heterocycles. The molecule has 0 fully saturated rings. The number of unbranched alkanes of at least 4 members (excludes halogenated alkanes) is 1. The summed E-state index contributed by atoms with van der Waals surface area (Å²) in [5.41, 5.74) is 5.94. The number of benzene rings is 3. The minimum atomic E-state index is -0.0972. The molecule has 0 aliphatic heterocycles. The summed E-state index contributed by atoms with van der Waals surface area (Å²) in [5.74, 6) is 0.537. The third-order valence-electron chi connectivity index (χ3n) is 5.30. The largest absolute Gasteiger partial charge is 0.348 e. The fourth-order valence-corrected chi connectivity index (χ4v) is 3.52. The summed E-state index contributed by atoms with van der Waals surface area (Å²) in [5, 5.41) is 11.2. The van der Waals surface area contributed by atoms with Gasteiger partial charge in [-0.1, -0.05) is 61.9 Å². The molecule has 0 aliphatic carbocycles. The number of fused-ring (bicyclic) bond motifs is 1. The Bertz CT molecular complexity index is 1210. The summed E-state index contributed by atoms with van der Waals surface area (Å²) in [4.78, 5) is 20.5. The van der Waals surface area contributed by atoms with Crippen LogP contribution in [0.4, 0.5) is 0 Å². The average Bonchev–Trinajstić information content (AvgIpc) is 3.25. The fraction of sp³-hybridized carbons (Fsp3) is 0.192. The van der Waals surface area contributed by atoms with Crippen LogP contribution in [-0.2, 0) is 6.54 Å². The molecule has 31 heavy (non-hydrogen) atoms. The maximum atomic E-state index is 12.6. The number of aromatic nitrogens is 2. The lowest BCUT2D eigenvalue weighted by Crippen LogP contribution is -2.22. The number of H-pyrrole nitrogens is 1. The van der Waals surface area contributed by atoms with Gasteiger partial charge < -0.3 is 15.7 Å². The second-order valence-corrected chi connectivity index (χ2v) is 7.65. The number of carbonyl (C=O) groups excluding carboxylic acids is 1. The molecule has 3 N–H and O–H groups in total. The molecule has 0 bridgehead atoms. The van der Waals surface area contributed by atoms with Crippen LogP contribution in [0.3, 0.4) is 0 Å². The van der Waals surface area contributed by atoms with Gasteiger partial charge in [-0.15, -0.1) is 0 Å².